The number of hydrogen-bond acceptors (Lipinski definition) is 1. The van der Waals surface area contributed by atoms with E-state index in [4.69, 9.17) is 0 Å². The smallest absolute Gasteiger partial charge is 0.160 e. The molecule has 0 N–H and O–H groups in total. The van der Waals surface area contributed by atoms with Gasteiger partial charge in [0.25, 0.3) is 0 Å². The lowest BCUT2D eigenvalue weighted by atomic mass is 9.96. The largest absolute Gasteiger partial charge is 0.295 e. The molecule has 21 heavy (non-hydrogen) atoms. The molecule has 0 radical (unpaired) electrons. The maximum Gasteiger partial charge on any atom is 0.160 e. The molecule has 0 amide bonds. The Labute approximate surface area is 129 Å². The molecule has 0 aliphatic heterocycles. The van der Waals surface area contributed by atoms with Crippen molar-refractivity contribution in [1.29, 1.82) is 0 Å². The molecule has 0 atom stereocenters. The molecule has 2 rings (SSSR count). The molecule has 0 aliphatic carbocycles. The van der Waals surface area contributed by atoms with Crippen molar-refractivity contribution in [2.45, 2.75) is 39.0 Å². The molecule has 0 fully saturated rings. The van der Waals surface area contributed by atoms with E-state index in [0.717, 1.165) is 12.0 Å². The predicted molar refractivity (Wildman–Crippen MR) is 93.7 cm³/mol. The lowest BCUT2D eigenvalue weighted by Crippen LogP contribution is -2.20. The Morgan fingerprint density at radius 1 is 0.952 bits per heavy atom. The number of rotatable bonds is 5. The van der Waals surface area contributed by atoms with E-state index < -0.39 is 8.07 Å². The fraction of sp³-hybridized carbons (Fsp3) is 0.316. The minimum Gasteiger partial charge on any atom is -0.295 e. The molecular formula is C19H24OSi. The van der Waals surface area contributed by atoms with Crippen molar-refractivity contribution in [2.24, 2.45) is 0 Å². The molecule has 0 heterocycles. The van der Waals surface area contributed by atoms with Gasteiger partial charge in [0.1, 0.15) is 0 Å². The molecular weight excluding hydrogens is 272 g/mol. The van der Waals surface area contributed by atoms with Crippen LogP contribution < -0.4 is 0 Å². The molecule has 0 unspecified atom stereocenters. The Morgan fingerprint density at radius 3 is 2.19 bits per heavy atom. The molecule has 110 valence electrons. The van der Waals surface area contributed by atoms with Crippen LogP contribution in [0.2, 0.25) is 25.7 Å². The summed E-state index contributed by atoms with van der Waals surface area (Å²) in [6, 6.07) is 17.8. The molecule has 2 aromatic carbocycles. The molecule has 0 saturated carbocycles. The first kappa shape index (κ1) is 15.7. The van der Waals surface area contributed by atoms with Gasteiger partial charge in [-0.1, -0.05) is 74.2 Å². The highest BCUT2D eigenvalue weighted by atomic mass is 28.3. The summed E-state index contributed by atoms with van der Waals surface area (Å²) < 4.78 is 0. The highest BCUT2D eigenvalue weighted by Gasteiger charge is 2.15. The van der Waals surface area contributed by atoms with E-state index in [-0.39, 0.29) is 5.78 Å². The van der Waals surface area contributed by atoms with Crippen LogP contribution in [0.5, 0.6) is 0 Å². The first-order valence-electron chi connectivity index (χ1n) is 7.56. The summed E-state index contributed by atoms with van der Waals surface area (Å²) in [5.74, 6) is 0.167. The van der Waals surface area contributed by atoms with Crippen LogP contribution in [0.1, 0.15) is 22.8 Å². The van der Waals surface area contributed by atoms with Gasteiger partial charge in [-0.3, -0.25) is 4.79 Å². The minimum atomic E-state index is -1.11. The quantitative estimate of drug-likeness (QED) is 0.530. The Kier molecular flexibility index (Phi) is 4.79. The van der Waals surface area contributed by atoms with E-state index in [1.807, 2.05) is 12.1 Å². The van der Waals surface area contributed by atoms with Crippen molar-refractivity contribution < 1.29 is 4.79 Å². The van der Waals surface area contributed by atoms with Crippen molar-refractivity contribution >= 4 is 13.9 Å². The van der Waals surface area contributed by atoms with E-state index in [1.165, 1.54) is 22.7 Å². The average Bonchev–Trinajstić information content (AvgIpc) is 2.45. The van der Waals surface area contributed by atoms with Crippen LogP contribution in [0.15, 0.2) is 48.5 Å². The topological polar surface area (TPSA) is 17.1 Å². The van der Waals surface area contributed by atoms with Crippen LogP contribution in [-0.4, -0.2) is 13.9 Å². The third-order valence-electron chi connectivity index (χ3n) is 3.74. The van der Waals surface area contributed by atoms with Crippen LogP contribution in [0, 0.1) is 0 Å². The lowest BCUT2D eigenvalue weighted by Gasteiger charge is -2.17. The van der Waals surface area contributed by atoms with Gasteiger partial charge in [0.05, 0.1) is 0 Å². The van der Waals surface area contributed by atoms with Crippen molar-refractivity contribution in [3.05, 3.63) is 59.7 Å². The van der Waals surface area contributed by atoms with Crippen LogP contribution >= 0.6 is 0 Å². The third-order valence-corrected chi connectivity index (χ3v) is 5.49. The number of hydrogen-bond donors (Lipinski definition) is 0. The number of carbonyl (C=O) groups excluding carboxylic acids is 1. The third kappa shape index (κ3) is 4.40. The SMILES string of the molecule is CC(=O)c1ccc(-c2ccccc2)cc1CC[Si](C)(C)C. The first-order valence-corrected chi connectivity index (χ1v) is 11.3. The monoisotopic (exact) mass is 296 g/mol. The van der Waals surface area contributed by atoms with Gasteiger partial charge in [-0.15, -0.1) is 0 Å². The summed E-state index contributed by atoms with van der Waals surface area (Å²) in [4.78, 5) is 11.8. The van der Waals surface area contributed by atoms with Crippen molar-refractivity contribution in [2.75, 3.05) is 0 Å². The highest BCUT2D eigenvalue weighted by molar-refractivity contribution is 6.76. The zero-order valence-corrected chi connectivity index (χ0v) is 14.4. The summed E-state index contributed by atoms with van der Waals surface area (Å²) in [6.45, 7) is 8.79. The van der Waals surface area contributed by atoms with E-state index in [9.17, 15) is 4.79 Å². The molecule has 0 saturated heterocycles. The summed E-state index contributed by atoms with van der Waals surface area (Å²) in [5, 5.41) is 0. The minimum absolute atomic E-state index is 0.167. The fourth-order valence-electron chi connectivity index (χ4n) is 2.46. The summed E-state index contributed by atoms with van der Waals surface area (Å²) in [7, 11) is -1.11. The lowest BCUT2D eigenvalue weighted by molar-refractivity contribution is 0.101. The first-order chi connectivity index (χ1) is 9.87. The van der Waals surface area contributed by atoms with Crippen LogP contribution in [0.25, 0.3) is 11.1 Å². The molecule has 0 bridgehead atoms. The van der Waals surface area contributed by atoms with E-state index in [2.05, 4.69) is 56.0 Å². The zero-order valence-electron chi connectivity index (χ0n) is 13.4. The number of Topliss-reactive ketones (excluding diaryl/α,β-unsaturated/α-hetero) is 1. The Hall–Kier alpha value is -1.67. The van der Waals surface area contributed by atoms with Crippen molar-refractivity contribution in [1.82, 2.24) is 0 Å². The van der Waals surface area contributed by atoms with Gasteiger partial charge in [-0.25, -0.2) is 0 Å². The average molecular weight is 296 g/mol. The van der Waals surface area contributed by atoms with Gasteiger partial charge in [0.2, 0.25) is 0 Å². The van der Waals surface area contributed by atoms with Crippen LogP contribution in [-0.2, 0) is 6.42 Å². The Balaban J connectivity index is 2.37. The number of carbonyl (C=O) groups is 1. The van der Waals surface area contributed by atoms with Gasteiger partial charge in [0.15, 0.2) is 5.78 Å². The molecule has 2 aromatic rings. The Bertz CT molecular complexity index is 624. The second-order valence-electron chi connectivity index (χ2n) is 6.85. The summed E-state index contributed by atoms with van der Waals surface area (Å²) >= 11 is 0. The van der Waals surface area contributed by atoms with Gasteiger partial charge in [-0.2, -0.15) is 0 Å². The fourth-order valence-corrected chi connectivity index (χ4v) is 3.48. The second kappa shape index (κ2) is 6.40. The highest BCUT2D eigenvalue weighted by Crippen LogP contribution is 2.25. The molecule has 0 aromatic heterocycles. The summed E-state index contributed by atoms with van der Waals surface area (Å²) in [6.07, 6.45) is 1.01. The molecule has 2 heteroatoms. The number of benzene rings is 2. The van der Waals surface area contributed by atoms with Crippen LogP contribution in [0.3, 0.4) is 0 Å². The number of ketones is 1. The van der Waals surface area contributed by atoms with Gasteiger partial charge in [-0.05, 0) is 30.0 Å². The zero-order chi connectivity index (χ0) is 15.5. The molecule has 0 spiro atoms. The summed E-state index contributed by atoms with van der Waals surface area (Å²) in [5.41, 5.74) is 4.49. The predicted octanol–water partition coefficient (Wildman–Crippen LogP) is 5.44. The Morgan fingerprint density at radius 2 is 1.62 bits per heavy atom. The van der Waals surface area contributed by atoms with Gasteiger partial charge in [0, 0.05) is 13.6 Å². The maximum absolute atomic E-state index is 11.8. The van der Waals surface area contributed by atoms with E-state index >= 15 is 0 Å². The van der Waals surface area contributed by atoms with Gasteiger partial charge >= 0.3 is 0 Å². The maximum atomic E-state index is 11.8. The van der Waals surface area contributed by atoms with E-state index in [0.29, 0.717) is 0 Å². The van der Waals surface area contributed by atoms with E-state index in [1.54, 1.807) is 6.92 Å². The normalized spacial score (nSPS) is 11.4. The van der Waals surface area contributed by atoms with Gasteiger partial charge < -0.3 is 0 Å². The van der Waals surface area contributed by atoms with Crippen molar-refractivity contribution in [3.63, 3.8) is 0 Å². The van der Waals surface area contributed by atoms with Crippen molar-refractivity contribution in [3.8, 4) is 11.1 Å². The molecule has 1 nitrogen and oxygen atoms in total. The standard InChI is InChI=1S/C19H24OSi/c1-15(20)19-11-10-17(16-8-6-5-7-9-16)14-18(19)12-13-21(2,3)4/h5-11,14H,12-13H2,1-4H3. The van der Waals surface area contributed by atoms with Crippen LogP contribution in [0.4, 0.5) is 0 Å². The molecule has 0 aliphatic rings. The second-order valence-corrected chi connectivity index (χ2v) is 12.5. The number of aryl methyl sites for hydroxylation is 1.